The predicted molar refractivity (Wildman–Crippen MR) is 128 cm³/mol. The van der Waals surface area contributed by atoms with Crippen LogP contribution in [0, 0.1) is 11.8 Å². The largest absolute Gasteiger partial charge is 0.355 e. The summed E-state index contributed by atoms with van der Waals surface area (Å²) in [5.74, 6) is 1.65. The third kappa shape index (κ3) is 5.67. The zero-order valence-electron chi connectivity index (χ0n) is 20.6. The lowest BCUT2D eigenvalue weighted by atomic mass is 9.69. The fraction of sp³-hybridized carbons (Fsp3) is 0.923. The highest BCUT2D eigenvalue weighted by atomic mass is 16.2. The Balaban J connectivity index is 1.23. The van der Waals surface area contributed by atoms with Gasteiger partial charge in [-0.3, -0.25) is 14.5 Å². The van der Waals surface area contributed by atoms with E-state index in [1.54, 1.807) is 6.92 Å². The molecule has 3 heterocycles. The van der Waals surface area contributed by atoms with E-state index in [2.05, 4.69) is 27.1 Å². The highest BCUT2D eigenvalue weighted by Crippen LogP contribution is 2.43. The summed E-state index contributed by atoms with van der Waals surface area (Å²) in [4.78, 5) is 32.3. The summed E-state index contributed by atoms with van der Waals surface area (Å²) in [7, 11) is 2.20. The molecule has 0 spiro atoms. The van der Waals surface area contributed by atoms with Gasteiger partial charge in [-0.05, 0) is 83.3 Å². The number of nitrogens with zero attached hydrogens (tertiary/aromatic N) is 3. The quantitative estimate of drug-likeness (QED) is 0.622. The van der Waals surface area contributed by atoms with Crippen LogP contribution < -0.4 is 5.32 Å². The van der Waals surface area contributed by atoms with Gasteiger partial charge in [0.25, 0.3) is 0 Å². The van der Waals surface area contributed by atoms with Gasteiger partial charge in [-0.1, -0.05) is 19.3 Å². The van der Waals surface area contributed by atoms with E-state index in [0.29, 0.717) is 36.4 Å². The molecule has 0 unspecified atom stereocenters. The second-order valence-corrected chi connectivity index (χ2v) is 11.0. The molecule has 1 N–H and O–H groups in total. The molecule has 0 aromatic rings. The van der Waals surface area contributed by atoms with Crippen molar-refractivity contribution in [2.45, 2.75) is 102 Å². The molecular formula is C26H46N4O2. The summed E-state index contributed by atoms with van der Waals surface area (Å²) in [6.45, 7) is 6.84. The molecule has 4 fully saturated rings. The maximum atomic E-state index is 12.5. The van der Waals surface area contributed by atoms with Crippen molar-refractivity contribution in [3.05, 3.63) is 0 Å². The van der Waals surface area contributed by atoms with Gasteiger partial charge in [-0.15, -0.1) is 0 Å². The molecule has 4 rings (SSSR count). The van der Waals surface area contributed by atoms with Crippen molar-refractivity contribution in [3.8, 4) is 0 Å². The molecule has 3 aliphatic heterocycles. The van der Waals surface area contributed by atoms with Crippen LogP contribution in [-0.2, 0) is 9.59 Å². The van der Waals surface area contributed by atoms with Gasteiger partial charge in [-0.2, -0.15) is 0 Å². The van der Waals surface area contributed by atoms with E-state index in [1.807, 2.05) is 0 Å². The summed E-state index contributed by atoms with van der Waals surface area (Å²) in [6, 6.07) is 1.69. The molecule has 3 saturated heterocycles. The first-order chi connectivity index (χ1) is 15.5. The van der Waals surface area contributed by atoms with E-state index >= 15 is 0 Å². The minimum absolute atomic E-state index is 0.174. The zero-order valence-corrected chi connectivity index (χ0v) is 20.6. The van der Waals surface area contributed by atoms with Crippen molar-refractivity contribution in [2.75, 3.05) is 39.8 Å². The molecule has 6 nitrogen and oxygen atoms in total. The summed E-state index contributed by atoms with van der Waals surface area (Å²) >= 11 is 0. The molecule has 1 aliphatic carbocycles. The lowest BCUT2D eigenvalue weighted by molar-refractivity contribution is -0.144. The smallest absolute Gasteiger partial charge is 0.220 e. The van der Waals surface area contributed by atoms with Crippen LogP contribution in [0.15, 0.2) is 0 Å². The topological polar surface area (TPSA) is 55.9 Å². The summed E-state index contributed by atoms with van der Waals surface area (Å²) in [6.07, 6.45) is 14.2. The van der Waals surface area contributed by atoms with Crippen LogP contribution in [0.5, 0.6) is 0 Å². The van der Waals surface area contributed by atoms with Crippen LogP contribution in [0.2, 0.25) is 0 Å². The molecule has 0 aromatic carbocycles. The highest BCUT2D eigenvalue weighted by molar-refractivity contribution is 5.76. The Labute approximate surface area is 195 Å². The van der Waals surface area contributed by atoms with Gasteiger partial charge in [0, 0.05) is 51.1 Å². The van der Waals surface area contributed by atoms with E-state index < -0.39 is 0 Å². The van der Waals surface area contributed by atoms with Gasteiger partial charge in [0.2, 0.25) is 11.8 Å². The number of rotatable bonds is 8. The number of likely N-dealkylation sites (N-methyl/N-ethyl adjacent to an activating group) is 1. The maximum Gasteiger partial charge on any atom is 0.220 e. The summed E-state index contributed by atoms with van der Waals surface area (Å²) in [5, 5.41) is 3.14. The summed E-state index contributed by atoms with van der Waals surface area (Å²) in [5.41, 5.74) is 0. The Kier molecular flexibility index (Phi) is 8.49. The van der Waals surface area contributed by atoms with Gasteiger partial charge < -0.3 is 15.1 Å². The molecule has 2 amide bonds. The molecule has 32 heavy (non-hydrogen) atoms. The zero-order chi connectivity index (χ0) is 22.5. The van der Waals surface area contributed by atoms with Crippen LogP contribution in [0.1, 0.15) is 84.0 Å². The van der Waals surface area contributed by atoms with Gasteiger partial charge >= 0.3 is 0 Å². The molecule has 6 heteroatoms. The molecule has 0 bridgehead atoms. The molecule has 4 aliphatic rings. The first-order valence-corrected chi connectivity index (χ1v) is 13.5. The van der Waals surface area contributed by atoms with Crippen molar-refractivity contribution in [2.24, 2.45) is 11.8 Å². The Morgan fingerprint density at radius 1 is 1.00 bits per heavy atom. The normalized spacial score (nSPS) is 31.4. The van der Waals surface area contributed by atoms with Crippen LogP contribution in [0.25, 0.3) is 0 Å². The predicted octanol–water partition coefficient (Wildman–Crippen LogP) is 3.26. The first kappa shape index (κ1) is 24.0. The number of hydrogen-bond donors (Lipinski definition) is 1. The summed E-state index contributed by atoms with van der Waals surface area (Å²) < 4.78 is 0. The average Bonchev–Trinajstić information content (AvgIpc) is 2.81. The van der Waals surface area contributed by atoms with E-state index in [1.165, 1.54) is 70.9 Å². The Morgan fingerprint density at radius 2 is 1.75 bits per heavy atom. The second kappa shape index (κ2) is 11.3. The van der Waals surface area contributed by atoms with Gasteiger partial charge in [0.05, 0.1) is 0 Å². The SMILES string of the molecule is CC(=O)N1C[C@@H]2CCCN3CCC[C@@H]([C@H]23)[C@H]1CCCC(=O)NCCN(C)C1CCCCC1. The van der Waals surface area contributed by atoms with Crippen molar-refractivity contribution in [3.63, 3.8) is 0 Å². The highest BCUT2D eigenvalue weighted by Gasteiger charge is 2.48. The lowest BCUT2D eigenvalue weighted by Crippen LogP contribution is -2.65. The van der Waals surface area contributed by atoms with Crippen molar-refractivity contribution < 1.29 is 9.59 Å². The number of nitrogens with one attached hydrogen (secondary N) is 1. The lowest BCUT2D eigenvalue weighted by Gasteiger charge is -2.57. The van der Waals surface area contributed by atoms with Crippen LogP contribution >= 0.6 is 0 Å². The molecule has 4 atom stereocenters. The molecule has 0 aromatic heterocycles. The Morgan fingerprint density at radius 3 is 2.50 bits per heavy atom. The average molecular weight is 447 g/mol. The standard InChI is InChI=1S/C26H46N4O2/c1-20(31)30-19-21-9-7-16-29-17-8-12-23(26(21)29)24(30)13-6-14-25(32)27-15-18-28(2)22-10-4-3-5-11-22/h21-24,26H,3-19H2,1-2H3,(H,27,32)/t21-,23+,24+,26-/m0/s1. The van der Waals surface area contributed by atoms with Crippen LogP contribution in [0.4, 0.5) is 0 Å². The van der Waals surface area contributed by atoms with Crippen LogP contribution in [0.3, 0.4) is 0 Å². The fourth-order valence-corrected chi connectivity index (χ4v) is 7.36. The monoisotopic (exact) mass is 446 g/mol. The number of piperidine rings is 3. The van der Waals surface area contributed by atoms with Crippen molar-refractivity contribution >= 4 is 11.8 Å². The number of likely N-dealkylation sites (tertiary alicyclic amines) is 1. The fourth-order valence-electron chi connectivity index (χ4n) is 7.36. The van der Waals surface area contributed by atoms with Crippen molar-refractivity contribution in [1.29, 1.82) is 0 Å². The Bertz CT molecular complexity index is 633. The number of hydrogen-bond acceptors (Lipinski definition) is 4. The Hall–Kier alpha value is -1.14. The molecular weight excluding hydrogens is 400 g/mol. The number of carbonyl (C=O) groups excluding carboxylic acids is 2. The van der Waals surface area contributed by atoms with E-state index in [-0.39, 0.29) is 11.8 Å². The van der Waals surface area contributed by atoms with Gasteiger partial charge in [-0.25, -0.2) is 0 Å². The minimum atomic E-state index is 0.174. The molecule has 1 saturated carbocycles. The first-order valence-electron chi connectivity index (χ1n) is 13.5. The molecule has 182 valence electrons. The third-order valence-electron chi connectivity index (χ3n) is 8.96. The number of carbonyl (C=O) groups is 2. The van der Waals surface area contributed by atoms with Crippen LogP contribution in [-0.4, -0.2) is 84.4 Å². The van der Waals surface area contributed by atoms with Gasteiger partial charge in [0.1, 0.15) is 0 Å². The van der Waals surface area contributed by atoms with E-state index in [9.17, 15) is 9.59 Å². The van der Waals surface area contributed by atoms with E-state index in [0.717, 1.165) is 32.5 Å². The minimum Gasteiger partial charge on any atom is -0.355 e. The second-order valence-electron chi connectivity index (χ2n) is 11.0. The number of amides is 2. The van der Waals surface area contributed by atoms with Gasteiger partial charge in [0.15, 0.2) is 0 Å². The molecule has 0 radical (unpaired) electrons. The van der Waals surface area contributed by atoms with E-state index in [4.69, 9.17) is 0 Å². The third-order valence-corrected chi connectivity index (χ3v) is 8.96. The van der Waals surface area contributed by atoms with Crippen molar-refractivity contribution in [1.82, 2.24) is 20.0 Å². The maximum absolute atomic E-state index is 12.5.